The van der Waals surface area contributed by atoms with E-state index in [2.05, 4.69) is 15.4 Å². The van der Waals surface area contributed by atoms with Gasteiger partial charge in [-0.1, -0.05) is 0 Å². The molecule has 1 amide bonds. The normalized spacial score (nSPS) is 22.6. The Hall–Kier alpha value is -2.80. The number of nitrogens with one attached hydrogen (secondary N) is 2. The first-order chi connectivity index (χ1) is 12.6. The first-order valence-corrected chi connectivity index (χ1v) is 8.75. The Morgan fingerprint density at radius 1 is 1.42 bits per heavy atom. The van der Waals surface area contributed by atoms with Gasteiger partial charge >= 0.3 is 0 Å². The van der Waals surface area contributed by atoms with Crippen molar-refractivity contribution >= 4 is 16.8 Å². The van der Waals surface area contributed by atoms with Gasteiger partial charge in [0.25, 0.3) is 5.91 Å². The summed E-state index contributed by atoms with van der Waals surface area (Å²) in [6.45, 7) is 0.753. The molecule has 0 bridgehead atoms. The van der Waals surface area contributed by atoms with E-state index in [1.807, 2.05) is 35.1 Å². The van der Waals surface area contributed by atoms with Gasteiger partial charge in [0.15, 0.2) is 0 Å². The van der Waals surface area contributed by atoms with Crippen LogP contribution in [-0.2, 0) is 6.54 Å². The number of benzene rings is 1. The first-order valence-electron chi connectivity index (χ1n) is 8.75. The second-order valence-corrected chi connectivity index (χ2v) is 6.85. The van der Waals surface area contributed by atoms with Gasteiger partial charge in [0.1, 0.15) is 11.4 Å². The number of methoxy groups -OCH3 is 1. The molecule has 3 aromatic rings. The standard InChI is InChI=1S/C19H22N4O3/c1-26-14-3-4-15-13(9-14)10-17(21-15)19(25)22-16-7-12(8-18(16)24)11-23-6-2-5-20-23/h2-6,9-10,12,16,18,21,24H,7-8,11H2,1H3,(H,22,25)/t12?,16-,18-/m1/s1. The number of carbonyl (C=O) groups is 1. The Balaban J connectivity index is 1.42. The number of aromatic nitrogens is 3. The molecule has 7 nitrogen and oxygen atoms in total. The number of carbonyl (C=O) groups excluding carboxylic acids is 1. The van der Waals surface area contributed by atoms with Crippen molar-refractivity contribution in [3.63, 3.8) is 0 Å². The number of rotatable bonds is 5. The number of amides is 1. The summed E-state index contributed by atoms with van der Waals surface area (Å²) in [6, 6.07) is 9.05. The molecule has 1 saturated carbocycles. The lowest BCUT2D eigenvalue weighted by molar-refractivity contribution is 0.0868. The lowest BCUT2D eigenvalue weighted by atomic mass is 10.1. The Labute approximate surface area is 151 Å². The molecular formula is C19H22N4O3. The zero-order valence-electron chi connectivity index (χ0n) is 14.6. The highest BCUT2D eigenvalue weighted by Crippen LogP contribution is 2.28. The number of fused-ring (bicyclic) bond motifs is 1. The monoisotopic (exact) mass is 354 g/mol. The zero-order valence-corrected chi connectivity index (χ0v) is 14.6. The third kappa shape index (κ3) is 3.30. The molecule has 2 heterocycles. The molecule has 0 radical (unpaired) electrons. The average Bonchev–Trinajstić information content (AvgIpc) is 3.35. The van der Waals surface area contributed by atoms with Gasteiger partial charge in [-0.15, -0.1) is 0 Å². The van der Waals surface area contributed by atoms with E-state index in [0.29, 0.717) is 18.0 Å². The molecule has 1 aliphatic carbocycles. The summed E-state index contributed by atoms with van der Waals surface area (Å²) in [6.07, 6.45) is 4.52. The van der Waals surface area contributed by atoms with Crippen molar-refractivity contribution in [2.24, 2.45) is 5.92 Å². The van der Waals surface area contributed by atoms with Crippen LogP contribution in [0.4, 0.5) is 0 Å². The number of aromatic amines is 1. The lowest BCUT2D eigenvalue weighted by Gasteiger charge is -2.15. The lowest BCUT2D eigenvalue weighted by Crippen LogP contribution is -2.40. The highest BCUT2D eigenvalue weighted by molar-refractivity contribution is 5.98. The molecule has 26 heavy (non-hydrogen) atoms. The van der Waals surface area contributed by atoms with E-state index < -0.39 is 6.10 Å². The first kappa shape index (κ1) is 16.7. The minimum absolute atomic E-state index is 0.205. The van der Waals surface area contributed by atoms with Gasteiger partial charge in [-0.3, -0.25) is 9.48 Å². The molecule has 3 atom stereocenters. The van der Waals surface area contributed by atoms with Crippen molar-refractivity contribution in [1.29, 1.82) is 0 Å². The van der Waals surface area contributed by atoms with Crippen LogP contribution < -0.4 is 10.1 Å². The molecule has 1 aliphatic rings. The number of hydrogen-bond donors (Lipinski definition) is 3. The average molecular weight is 354 g/mol. The van der Waals surface area contributed by atoms with Gasteiger partial charge in [-0.2, -0.15) is 5.10 Å². The van der Waals surface area contributed by atoms with Crippen LogP contribution in [0.5, 0.6) is 5.75 Å². The van der Waals surface area contributed by atoms with Crippen molar-refractivity contribution in [3.05, 3.63) is 48.4 Å². The number of aliphatic hydroxyl groups is 1. The van der Waals surface area contributed by atoms with Crippen LogP contribution in [0, 0.1) is 5.92 Å². The van der Waals surface area contributed by atoms with E-state index in [-0.39, 0.29) is 11.9 Å². The Morgan fingerprint density at radius 3 is 3.08 bits per heavy atom. The van der Waals surface area contributed by atoms with Crippen molar-refractivity contribution in [2.75, 3.05) is 7.11 Å². The number of nitrogens with zero attached hydrogens (tertiary/aromatic N) is 2. The molecule has 1 aromatic carbocycles. The van der Waals surface area contributed by atoms with Crippen LogP contribution in [0.3, 0.4) is 0 Å². The maximum atomic E-state index is 12.6. The summed E-state index contributed by atoms with van der Waals surface area (Å²) in [7, 11) is 1.61. The van der Waals surface area contributed by atoms with Crippen molar-refractivity contribution in [3.8, 4) is 5.75 Å². The highest BCUT2D eigenvalue weighted by Gasteiger charge is 2.34. The van der Waals surface area contributed by atoms with Crippen LogP contribution in [0.25, 0.3) is 10.9 Å². The topological polar surface area (TPSA) is 92.2 Å². The van der Waals surface area contributed by atoms with Gasteiger partial charge in [0, 0.05) is 29.8 Å². The summed E-state index contributed by atoms with van der Waals surface area (Å²) in [5, 5.41) is 18.4. The third-order valence-corrected chi connectivity index (χ3v) is 5.02. The summed E-state index contributed by atoms with van der Waals surface area (Å²) >= 11 is 0. The van der Waals surface area contributed by atoms with Gasteiger partial charge in [0.05, 0.1) is 19.3 Å². The van der Waals surface area contributed by atoms with Crippen LogP contribution in [-0.4, -0.2) is 45.0 Å². The summed E-state index contributed by atoms with van der Waals surface area (Å²) in [5.74, 6) is 0.835. The van der Waals surface area contributed by atoms with Crippen molar-refractivity contribution < 1.29 is 14.6 Å². The summed E-state index contributed by atoms with van der Waals surface area (Å²) < 4.78 is 7.08. The number of ether oxygens (including phenoxy) is 1. The smallest absolute Gasteiger partial charge is 0.268 e. The number of aliphatic hydroxyl groups excluding tert-OH is 1. The predicted octanol–water partition coefficient (Wildman–Crippen LogP) is 1.94. The Bertz CT molecular complexity index is 903. The SMILES string of the molecule is COc1ccc2[nH]c(C(=O)N[C@@H]3CC(Cn4cccn4)C[C@H]3O)cc2c1. The van der Waals surface area contributed by atoms with E-state index in [0.717, 1.165) is 29.6 Å². The quantitative estimate of drug-likeness (QED) is 0.653. The molecule has 0 aliphatic heterocycles. The minimum Gasteiger partial charge on any atom is -0.497 e. The molecular weight excluding hydrogens is 332 g/mol. The molecule has 136 valence electrons. The molecule has 1 unspecified atom stereocenters. The number of H-pyrrole nitrogens is 1. The fourth-order valence-electron chi connectivity index (χ4n) is 3.70. The highest BCUT2D eigenvalue weighted by atomic mass is 16.5. The zero-order chi connectivity index (χ0) is 18.1. The predicted molar refractivity (Wildman–Crippen MR) is 97.1 cm³/mol. The molecule has 4 rings (SSSR count). The van der Waals surface area contributed by atoms with Crippen LogP contribution in [0.15, 0.2) is 42.7 Å². The van der Waals surface area contributed by atoms with Crippen LogP contribution >= 0.6 is 0 Å². The fraction of sp³-hybridized carbons (Fsp3) is 0.368. The second-order valence-electron chi connectivity index (χ2n) is 6.85. The second kappa shape index (κ2) is 6.84. The fourth-order valence-corrected chi connectivity index (χ4v) is 3.70. The third-order valence-electron chi connectivity index (χ3n) is 5.02. The molecule has 7 heteroatoms. The minimum atomic E-state index is -0.538. The molecule has 2 aromatic heterocycles. The van der Waals surface area contributed by atoms with Gasteiger partial charge in [-0.05, 0) is 49.1 Å². The van der Waals surface area contributed by atoms with Crippen molar-refractivity contribution in [2.45, 2.75) is 31.5 Å². The van der Waals surface area contributed by atoms with E-state index in [9.17, 15) is 9.90 Å². The maximum absolute atomic E-state index is 12.6. The van der Waals surface area contributed by atoms with Gasteiger partial charge in [-0.25, -0.2) is 0 Å². The van der Waals surface area contributed by atoms with Crippen LogP contribution in [0.1, 0.15) is 23.3 Å². The maximum Gasteiger partial charge on any atom is 0.268 e. The Kier molecular flexibility index (Phi) is 4.38. The van der Waals surface area contributed by atoms with E-state index in [4.69, 9.17) is 4.74 Å². The molecule has 3 N–H and O–H groups in total. The largest absolute Gasteiger partial charge is 0.497 e. The van der Waals surface area contributed by atoms with Crippen molar-refractivity contribution in [1.82, 2.24) is 20.1 Å². The van der Waals surface area contributed by atoms with Gasteiger partial charge in [0.2, 0.25) is 0 Å². The van der Waals surface area contributed by atoms with E-state index in [1.165, 1.54) is 0 Å². The molecule has 0 saturated heterocycles. The Morgan fingerprint density at radius 2 is 2.31 bits per heavy atom. The summed E-state index contributed by atoms with van der Waals surface area (Å²) in [4.78, 5) is 15.7. The van der Waals surface area contributed by atoms with Crippen LogP contribution in [0.2, 0.25) is 0 Å². The summed E-state index contributed by atoms with van der Waals surface area (Å²) in [5.41, 5.74) is 1.36. The molecule has 0 spiro atoms. The van der Waals surface area contributed by atoms with Gasteiger partial charge < -0.3 is 20.1 Å². The van der Waals surface area contributed by atoms with E-state index in [1.54, 1.807) is 19.4 Å². The number of hydrogen-bond acceptors (Lipinski definition) is 4. The molecule has 1 fully saturated rings. The van der Waals surface area contributed by atoms with E-state index >= 15 is 0 Å².